The first-order chi connectivity index (χ1) is 13.2. The first kappa shape index (κ1) is 18.1. The van der Waals surface area contributed by atoms with Crippen LogP contribution < -0.4 is 9.64 Å². The van der Waals surface area contributed by atoms with Gasteiger partial charge in [0.15, 0.2) is 5.82 Å². The Morgan fingerprint density at radius 1 is 1.11 bits per heavy atom. The number of H-pyrrole nitrogens is 1. The summed E-state index contributed by atoms with van der Waals surface area (Å²) in [4.78, 5) is 4.80. The highest BCUT2D eigenvalue weighted by Crippen LogP contribution is 2.27. The smallest absolute Gasteiger partial charge is 0.158 e. The van der Waals surface area contributed by atoms with Crippen molar-refractivity contribution in [1.29, 1.82) is 0 Å². The predicted octanol–water partition coefficient (Wildman–Crippen LogP) is 3.98. The summed E-state index contributed by atoms with van der Waals surface area (Å²) in [6.45, 7) is 7.79. The molecule has 6 heteroatoms. The Morgan fingerprint density at radius 2 is 1.93 bits per heavy atom. The summed E-state index contributed by atoms with van der Waals surface area (Å²) in [7, 11) is 0. The molecule has 142 valence electrons. The average Bonchev–Trinajstić information content (AvgIpc) is 3.12. The van der Waals surface area contributed by atoms with E-state index < -0.39 is 0 Å². The van der Waals surface area contributed by atoms with Gasteiger partial charge in [-0.05, 0) is 36.2 Å². The van der Waals surface area contributed by atoms with Crippen LogP contribution in [0.5, 0.6) is 5.75 Å². The van der Waals surface area contributed by atoms with Crippen LogP contribution in [0.3, 0.4) is 0 Å². The van der Waals surface area contributed by atoms with E-state index in [4.69, 9.17) is 16.3 Å². The standard InChI is InChI=1S/C21H25ClN4O/c1-2-16-5-3-4-6-20(16)27-14-13-25-9-11-26(12-10-25)21-18-8-7-17(22)15-19(18)23-24-21/h3-8,15H,2,9-14H2,1H3,(H,23,24). The van der Waals surface area contributed by atoms with E-state index in [0.717, 1.165) is 73.2 Å². The van der Waals surface area contributed by atoms with E-state index in [9.17, 15) is 0 Å². The molecule has 5 nitrogen and oxygen atoms in total. The zero-order valence-corrected chi connectivity index (χ0v) is 16.4. The summed E-state index contributed by atoms with van der Waals surface area (Å²) in [5.74, 6) is 2.04. The third-order valence-electron chi connectivity index (χ3n) is 5.20. The zero-order valence-electron chi connectivity index (χ0n) is 15.6. The number of fused-ring (bicyclic) bond motifs is 1. The second kappa shape index (κ2) is 8.19. The summed E-state index contributed by atoms with van der Waals surface area (Å²) in [6, 6.07) is 14.2. The molecule has 27 heavy (non-hydrogen) atoms. The van der Waals surface area contributed by atoms with Crippen LogP contribution in [0.2, 0.25) is 5.02 Å². The molecule has 1 aliphatic heterocycles. The van der Waals surface area contributed by atoms with E-state index in [1.807, 2.05) is 24.3 Å². The van der Waals surface area contributed by atoms with E-state index in [-0.39, 0.29) is 0 Å². The van der Waals surface area contributed by atoms with Crippen molar-refractivity contribution >= 4 is 28.3 Å². The lowest BCUT2D eigenvalue weighted by Crippen LogP contribution is -2.47. The summed E-state index contributed by atoms with van der Waals surface area (Å²) in [6.07, 6.45) is 0.998. The summed E-state index contributed by atoms with van der Waals surface area (Å²) < 4.78 is 6.01. The Bertz CT molecular complexity index is 902. The fourth-order valence-electron chi connectivity index (χ4n) is 3.62. The molecule has 2 heterocycles. The fourth-order valence-corrected chi connectivity index (χ4v) is 3.80. The SMILES string of the molecule is CCc1ccccc1OCCN1CCN(c2n[nH]c3cc(Cl)ccc23)CC1. The number of rotatable bonds is 6. The average molecular weight is 385 g/mol. The van der Waals surface area contributed by atoms with Crippen molar-refractivity contribution in [3.05, 3.63) is 53.1 Å². The number of para-hydroxylation sites is 1. The van der Waals surface area contributed by atoms with Gasteiger partial charge in [-0.3, -0.25) is 10.00 Å². The van der Waals surface area contributed by atoms with Gasteiger partial charge in [0.2, 0.25) is 0 Å². The monoisotopic (exact) mass is 384 g/mol. The van der Waals surface area contributed by atoms with Gasteiger partial charge >= 0.3 is 0 Å². The van der Waals surface area contributed by atoms with Gasteiger partial charge in [-0.15, -0.1) is 0 Å². The first-order valence-corrected chi connectivity index (χ1v) is 9.94. The van der Waals surface area contributed by atoms with Crippen LogP contribution in [-0.4, -0.2) is 54.4 Å². The Hall–Kier alpha value is -2.24. The Balaban J connectivity index is 1.30. The highest BCUT2D eigenvalue weighted by atomic mass is 35.5. The molecular formula is C21H25ClN4O. The molecule has 1 N–H and O–H groups in total. The lowest BCUT2D eigenvalue weighted by Gasteiger charge is -2.34. The van der Waals surface area contributed by atoms with Crippen molar-refractivity contribution in [2.45, 2.75) is 13.3 Å². The first-order valence-electron chi connectivity index (χ1n) is 9.56. The maximum atomic E-state index is 6.06. The lowest BCUT2D eigenvalue weighted by atomic mass is 10.1. The number of nitrogens with zero attached hydrogens (tertiary/aromatic N) is 3. The molecule has 0 atom stereocenters. The molecule has 1 saturated heterocycles. The van der Waals surface area contributed by atoms with Crippen LogP contribution in [0.15, 0.2) is 42.5 Å². The zero-order chi connectivity index (χ0) is 18.6. The summed E-state index contributed by atoms with van der Waals surface area (Å²) >= 11 is 6.06. The molecule has 0 amide bonds. The molecule has 1 fully saturated rings. The largest absolute Gasteiger partial charge is 0.492 e. The Morgan fingerprint density at radius 3 is 2.74 bits per heavy atom. The third kappa shape index (κ3) is 4.04. The van der Waals surface area contributed by atoms with E-state index >= 15 is 0 Å². The van der Waals surface area contributed by atoms with Crippen molar-refractivity contribution in [2.24, 2.45) is 0 Å². The summed E-state index contributed by atoms with van der Waals surface area (Å²) in [5.41, 5.74) is 2.26. The van der Waals surface area contributed by atoms with E-state index in [0.29, 0.717) is 0 Å². The number of aromatic amines is 1. The molecule has 4 rings (SSSR count). The predicted molar refractivity (Wildman–Crippen MR) is 111 cm³/mol. The van der Waals surface area contributed by atoms with Crippen molar-refractivity contribution in [1.82, 2.24) is 15.1 Å². The van der Waals surface area contributed by atoms with E-state index in [2.05, 4.69) is 45.1 Å². The van der Waals surface area contributed by atoms with Crippen molar-refractivity contribution < 1.29 is 4.74 Å². The minimum absolute atomic E-state index is 0.723. The molecule has 2 aromatic carbocycles. The topological polar surface area (TPSA) is 44.4 Å². The van der Waals surface area contributed by atoms with Gasteiger partial charge in [-0.2, -0.15) is 5.10 Å². The molecule has 1 aliphatic rings. The molecule has 1 aromatic heterocycles. The number of aromatic nitrogens is 2. The molecule has 3 aromatic rings. The number of nitrogens with one attached hydrogen (secondary N) is 1. The number of hydrogen-bond donors (Lipinski definition) is 1. The van der Waals surface area contributed by atoms with Crippen LogP contribution >= 0.6 is 11.6 Å². The Kier molecular flexibility index (Phi) is 5.50. The number of halogens is 1. The normalized spacial score (nSPS) is 15.4. The van der Waals surface area contributed by atoms with Crippen LogP contribution in [0, 0.1) is 0 Å². The van der Waals surface area contributed by atoms with Gasteiger partial charge in [0.25, 0.3) is 0 Å². The van der Waals surface area contributed by atoms with Crippen LogP contribution in [0.4, 0.5) is 5.82 Å². The minimum Gasteiger partial charge on any atom is -0.492 e. The van der Waals surface area contributed by atoms with Crippen molar-refractivity contribution in [3.63, 3.8) is 0 Å². The van der Waals surface area contributed by atoms with Crippen molar-refractivity contribution in [3.8, 4) is 5.75 Å². The number of ether oxygens (including phenoxy) is 1. The second-order valence-electron chi connectivity index (χ2n) is 6.88. The number of hydrogen-bond acceptors (Lipinski definition) is 4. The van der Waals surface area contributed by atoms with Gasteiger partial charge < -0.3 is 9.64 Å². The molecular weight excluding hydrogens is 360 g/mol. The molecule has 0 spiro atoms. The second-order valence-corrected chi connectivity index (χ2v) is 7.31. The summed E-state index contributed by atoms with van der Waals surface area (Å²) in [5, 5.41) is 9.46. The van der Waals surface area contributed by atoms with Crippen molar-refractivity contribution in [2.75, 3.05) is 44.2 Å². The molecule has 0 saturated carbocycles. The van der Waals surface area contributed by atoms with Gasteiger partial charge in [0.1, 0.15) is 12.4 Å². The number of anilines is 1. The highest BCUT2D eigenvalue weighted by molar-refractivity contribution is 6.31. The third-order valence-corrected chi connectivity index (χ3v) is 5.43. The van der Waals surface area contributed by atoms with E-state index in [1.165, 1.54) is 5.56 Å². The van der Waals surface area contributed by atoms with Gasteiger partial charge in [-0.1, -0.05) is 36.7 Å². The number of aryl methyl sites for hydroxylation is 1. The number of benzene rings is 2. The maximum Gasteiger partial charge on any atom is 0.158 e. The molecule has 0 bridgehead atoms. The maximum absolute atomic E-state index is 6.06. The minimum atomic E-state index is 0.723. The van der Waals surface area contributed by atoms with Crippen LogP contribution in [-0.2, 0) is 6.42 Å². The fraction of sp³-hybridized carbons (Fsp3) is 0.381. The number of piperazine rings is 1. The van der Waals surface area contributed by atoms with Gasteiger partial charge in [-0.25, -0.2) is 0 Å². The molecule has 0 unspecified atom stereocenters. The van der Waals surface area contributed by atoms with E-state index in [1.54, 1.807) is 0 Å². The highest BCUT2D eigenvalue weighted by Gasteiger charge is 2.20. The van der Waals surface area contributed by atoms with Crippen LogP contribution in [0.1, 0.15) is 12.5 Å². The van der Waals surface area contributed by atoms with Gasteiger partial charge in [0.05, 0.1) is 5.52 Å². The molecule has 0 radical (unpaired) electrons. The van der Waals surface area contributed by atoms with Crippen LogP contribution in [0.25, 0.3) is 10.9 Å². The Labute approximate surface area is 164 Å². The lowest BCUT2D eigenvalue weighted by molar-refractivity contribution is 0.199. The quantitative estimate of drug-likeness (QED) is 0.698. The molecule has 0 aliphatic carbocycles. The van der Waals surface area contributed by atoms with Gasteiger partial charge in [0, 0.05) is 43.1 Å².